The van der Waals surface area contributed by atoms with E-state index in [0.717, 1.165) is 11.4 Å². The molecule has 1 N–H and O–H groups in total. The second-order valence-corrected chi connectivity index (χ2v) is 4.80. The lowest BCUT2D eigenvalue weighted by molar-refractivity contribution is -0.116. The van der Waals surface area contributed by atoms with Crippen LogP contribution in [0.5, 0.6) is 5.75 Å². The Hall–Kier alpha value is -2.01. The first-order valence-electron chi connectivity index (χ1n) is 6.14. The van der Waals surface area contributed by atoms with Crippen LogP contribution in [0.3, 0.4) is 0 Å². The molecule has 20 heavy (non-hydrogen) atoms. The zero-order valence-electron chi connectivity index (χ0n) is 11.6. The fraction of sp³-hybridized carbons (Fsp3) is 0.286. The highest BCUT2D eigenvalue weighted by atomic mass is 35.5. The highest BCUT2D eigenvalue weighted by Crippen LogP contribution is 2.19. The van der Waals surface area contributed by atoms with Crippen molar-refractivity contribution in [3.8, 4) is 5.75 Å². The van der Waals surface area contributed by atoms with Crippen molar-refractivity contribution in [2.75, 3.05) is 12.4 Å². The Morgan fingerprint density at radius 1 is 1.45 bits per heavy atom. The third-order valence-corrected chi connectivity index (χ3v) is 3.49. The second-order valence-electron chi connectivity index (χ2n) is 4.42. The molecule has 0 aliphatic carbocycles. The quantitative estimate of drug-likeness (QED) is 0.943. The summed E-state index contributed by atoms with van der Waals surface area (Å²) in [6.07, 6.45) is 0. The minimum atomic E-state index is -0.166. The van der Waals surface area contributed by atoms with E-state index in [-0.39, 0.29) is 12.5 Å². The molecule has 0 aliphatic heterocycles. The third kappa shape index (κ3) is 3.11. The van der Waals surface area contributed by atoms with E-state index in [4.69, 9.17) is 16.3 Å². The summed E-state index contributed by atoms with van der Waals surface area (Å²) >= 11 is 6.05. The van der Waals surface area contributed by atoms with E-state index in [0.29, 0.717) is 16.5 Å². The molecule has 1 aromatic heterocycles. The Labute approximate surface area is 122 Å². The number of nitrogens with one attached hydrogen (secondary N) is 1. The van der Waals surface area contributed by atoms with Crippen LogP contribution in [0.15, 0.2) is 24.3 Å². The van der Waals surface area contributed by atoms with Crippen LogP contribution in [0, 0.1) is 13.8 Å². The van der Waals surface area contributed by atoms with E-state index in [1.54, 1.807) is 23.9 Å². The van der Waals surface area contributed by atoms with Crippen molar-refractivity contribution in [2.24, 2.45) is 0 Å². The highest BCUT2D eigenvalue weighted by Gasteiger charge is 2.12. The number of halogens is 1. The average Bonchev–Trinajstić information content (AvgIpc) is 2.66. The molecule has 1 heterocycles. The lowest BCUT2D eigenvalue weighted by atomic mass is 10.3. The minimum Gasteiger partial charge on any atom is -0.497 e. The first kappa shape index (κ1) is 14.4. The standard InChI is InChI=1S/C14H16ClN3O2/c1-9-14(15)10(2)18(17-9)8-13(19)16-11-5-4-6-12(7-11)20-3/h4-7H,8H2,1-3H3,(H,16,19). The van der Waals surface area contributed by atoms with Crippen LogP contribution in [0.25, 0.3) is 0 Å². The average molecular weight is 294 g/mol. The van der Waals surface area contributed by atoms with Gasteiger partial charge < -0.3 is 10.1 Å². The fourth-order valence-corrected chi connectivity index (χ4v) is 2.00. The summed E-state index contributed by atoms with van der Waals surface area (Å²) < 4.78 is 6.70. The molecule has 2 rings (SSSR count). The van der Waals surface area contributed by atoms with Crippen LogP contribution in [-0.2, 0) is 11.3 Å². The molecule has 0 saturated carbocycles. The van der Waals surface area contributed by atoms with Crippen molar-refractivity contribution in [2.45, 2.75) is 20.4 Å². The van der Waals surface area contributed by atoms with Gasteiger partial charge >= 0.3 is 0 Å². The molecule has 0 saturated heterocycles. The minimum absolute atomic E-state index is 0.122. The molecule has 106 valence electrons. The maximum Gasteiger partial charge on any atom is 0.246 e. The number of nitrogens with zero attached hydrogens (tertiary/aromatic N) is 2. The van der Waals surface area contributed by atoms with Gasteiger partial charge in [-0.3, -0.25) is 9.48 Å². The van der Waals surface area contributed by atoms with E-state index >= 15 is 0 Å². The van der Waals surface area contributed by atoms with E-state index in [2.05, 4.69) is 10.4 Å². The molecule has 0 unspecified atom stereocenters. The number of methoxy groups -OCH3 is 1. The van der Waals surface area contributed by atoms with E-state index in [1.807, 2.05) is 26.0 Å². The van der Waals surface area contributed by atoms with E-state index in [9.17, 15) is 4.79 Å². The number of aromatic nitrogens is 2. The fourth-order valence-electron chi connectivity index (χ4n) is 1.87. The molecule has 2 aromatic rings. The van der Waals surface area contributed by atoms with Crippen molar-refractivity contribution >= 4 is 23.2 Å². The zero-order chi connectivity index (χ0) is 14.7. The van der Waals surface area contributed by atoms with Crippen molar-refractivity contribution in [1.29, 1.82) is 0 Å². The smallest absolute Gasteiger partial charge is 0.246 e. The van der Waals surface area contributed by atoms with E-state index in [1.165, 1.54) is 0 Å². The molecular weight excluding hydrogens is 278 g/mol. The molecular formula is C14H16ClN3O2. The van der Waals surface area contributed by atoms with Gasteiger partial charge in [0.15, 0.2) is 0 Å². The summed E-state index contributed by atoms with van der Waals surface area (Å²) in [5, 5.41) is 7.62. The summed E-state index contributed by atoms with van der Waals surface area (Å²) in [7, 11) is 1.58. The number of carbonyl (C=O) groups excluding carboxylic acids is 1. The normalized spacial score (nSPS) is 10.4. The summed E-state index contributed by atoms with van der Waals surface area (Å²) in [4.78, 5) is 12.0. The molecule has 0 fully saturated rings. The van der Waals surface area contributed by atoms with Gasteiger partial charge in [-0.25, -0.2) is 0 Å². The van der Waals surface area contributed by atoms with Crippen molar-refractivity contribution in [3.05, 3.63) is 40.7 Å². The molecule has 5 nitrogen and oxygen atoms in total. The van der Waals surface area contributed by atoms with Crippen LogP contribution in [0.4, 0.5) is 5.69 Å². The lowest BCUT2D eigenvalue weighted by Gasteiger charge is -2.08. The monoisotopic (exact) mass is 293 g/mol. The molecule has 0 bridgehead atoms. The Morgan fingerprint density at radius 2 is 2.20 bits per heavy atom. The van der Waals surface area contributed by atoms with Crippen LogP contribution >= 0.6 is 11.6 Å². The number of ether oxygens (including phenoxy) is 1. The van der Waals surface area contributed by atoms with Gasteiger partial charge in [0.05, 0.1) is 23.5 Å². The summed E-state index contributed by atoms with van der Waals surface area (Å²) in [6.45, 7) is 3.77. The molecule has 0 radical (unpaired) electrons. The maximum atomic E-state index is 12.0. The zero-order valence-corrected chi connectivity index (χ0v) is 12.4. The predicted octanol–water partition coefficient (Wildman–Crippen LogP) is 2.80. The number of rotatable bonds is 4. The van der Waals surface area contributed by atoms with E-state index < -0.39 is 0 Å². The number of aryl methyl sites for hydroxylation is 1. The topological polar surface area (TPSA) is 56.1 Å². The van der Waals surface area contributed by atoms with Crippen molar-refractivity contribution in [3.63, 3.8) is 0 Å². The molecule has 1 amide bonds. The Morgan fingerprint density at radius 3 is 2.80 bits per heavy atom. The molecule has 0 aliphatic rings. The van der Waals surface area contributed by atoms with Gasteiger partial charge in [-0.2, -0.15) is 5.10 Å². The van der Waals surface area contributed by atoms with Gasteiger partial charge in [0, 0.05) is 11.8 Å². The molecule has 6 heteroatoms. The largest absolute Gasteiger partial charge is 0.497 e. The van der Waals surface area contributed by atoms with Crippen molar-refractivity contribution in [1.82, 2.24) is 9.78 Å². The van der Waals surface area contributed by atoms with Gasteiger partial charge in [-0.05, 0) is 26.0 Å². The molecule has 0 spiro atoms. The van der Waals surface area contributed by atoms with Gasteiger partial charge in [0.1, 0.15) is 12.3 Å². The van der Waals surface area contributed by atoms with Gasteiger partial charge in [-0.1, -0.05) is 17.7 Å². The number of hydrogen-bond acceptors (Lipinski definition) is 3. The predicted molar refractivity (Wildman–Crippen MR) is 78.3 cm³/mol. The van der Waals surface area contributed by atoms with Crippen LogP contribution in [0.1, 0.15) is 11.4 Å². The number of carbonyl (C=O) groups is 1. The van der Waals surface area contributed by atoms with Crippen LogP contribution < -0.4 is 10.1 Å². The first-order valence-corrected chi connectivity index (χ1v) is 6.52. The van der Waals surface area contributed by atoms with Crippen molar-refractivity contribution < 1.29 is 9.53 Å². The van der Waals surface area contributed by atoms with Gasteiger partial charge in [0.2, 0.25) is 5.91 Å². The Kier molecular flexibility index (Phi) is 4.29. The summed E-state index contributed by atoms with van der Waals surface area (Å²) in [5.41, 5.74) is 2.19. The van der Waals surface area contributed by atoms with Gasteiger partial charge in [0.25, 0.3) is 0 Å². The molecule has 0 atom stereocenters. The number of hydrogen-bond donors (Lipinski definition) is 1. The SMILES string of the molecule is COc1cccc(NC(=O)Cn2nc(C)c(Cl)c2C)c1. The second kappa shape index (κ2) is 5.96. The number of amides is 1. The third-order valence-electron chi connectivity index (χ3n) is 2.94. The Bertz CT molecular complexity index is 637. The molecule has 1 aromatic carbocycles. The summed E-state index contributed by atoms with van der Waals surface area (Å²) in [6, 6.07) is 7.19. The van der Waals surface area contributed by atoms with Crippen LogP contribution in [-0.4, -0.2) is 22.8 Å². The van der Waals surface area contributed by atoms with Crippen LogP contribution in [0.2, 0.25) is 5.02 Å². The maximum absolute atomic E-state index is 12.0. The Balaban J connectivity index is 2.07. The highest BCUT2D eigenvalue weighted by molar-refractivity contribution is 6.31. The number of anilines is 1. The number of benzene rings is 1. The first-order chi connectivity index (χ1) is 9.51. The lowest BCUT2D eigenvalue weighted by Crippen LogP contribution is -2.20. The van der Waals surface area contributed by atoms with Gasteiger partial charge in [-0.15, -0.1) is 0 Å². The summed E-state index contributed by atoms with van der Waals surface area (Å²) in [5.74, 6) is 0.525.